The van der Waals surface area contributed by atoms with Crippen molar-refractivity contribution in [1.82, 2.24) is 21.1 Å². The van der Waals surface area contributed by atoms with Crippen molar-refractivity contribution in [3.05, 3.63) is 12.2 Å². The van der Waals surface area contributed by atoms with E-state index in [2.05, 4.69) is 16.1 Å². The summed E-state index contributed by atoms with van der Waals surface area (Å²) in [6, 6.07) is -2.59. The number of esters is 1. The number of methoxy groups -OCH3 is 1. The molecule has 36 heavy (non-hydrogen) atoms. The molecule has 1 aliphatic rings. The van der Waals surface area contributed by atoms with E-state index in [1.165, 1.54) is 19.0 Å². The Morgan fingerprint density at radius 1 is 1.11 bits per heavy atom. The molecule has 0 aromatic heterocycles. The fourth-order valence-corrected chi connectivity index (χ4v) is 3.74. The van der Waals surface area contributed by atoms with E-state index >= 15 is 0 Å². The lowest BCUT2D eigenvalue weighted by Gasteiger charge is -2.35. The van der Waals surface area contributed by atoms with Crippen LogP contribution in [0.1, 0.15) is 47.5 Å². The second-order valence-corrected chi connectivity index (χ2v) is 11.5. The molecule has 0 aromatic carbocycles. The van der Waals surface area contributed by atoms with Crippen LogP contribution in [0.4, 0.5) is 0 Å². The Morgan fingerprint density at radius 2 is 1.75 bits per heavy atom. The van der Waals surface area contributed by atoms with Crippen molar-refractivity contribution in [3.8, 4) is 0 Å². The van der Waals surface area contributed by atoms with E-state index in [0.717, 1.165) is 0 Å². The predicted octanol–water partition coefficient (Wildman–Crippen LogP) is 2.27. The number of hydrogen-bond donors (Lipinski definition) is 3. The van der Waals surface area contributed by atoms with Crippen molar-refractivity contribution >= 4 is 58.5 Å². The second-order valence-electron chi connectivity index (χ2n) is 9.01. The number of carbonyl (C=O) groups excluding carboxylic acids is 4. The van der Waals surface area contributed by atoms with Crippen LogP contribution in [0, 0.1) is 11.8 Å². The van der Waals surface area contributed by atoms with Crippen molar-refractivity contribution in [2.45, 2.75) is 75.5 Å². The van der Waals surface area contributed by atoms with Gasteiger partial charge in [-0.25, -0.2) is 5.43 Å². The molecule has 1 aliphatic heterocycles. The van der Waals surface area contributed by atoms with Gasteiger partial charge in [-0.15, -0.1) is 0 Å². The fourth-order valence-electron chi connectivity index (χ4n) is 3.58. The van der Waals surface area contributed by atoms with Gasteiger partial charge in [0.05, 0.1) is 12.0 Å². The Balaban J connectivity index is 2.76. The minimum absolute atomic E-state index is 0.239. The summed E-state index contributed by atoms with van der Waals surface area (Å²) >= 11 is 16.8. The molecule has 3 N–H and O–H groups in total. The zero-order chi connectivity index (χ0) is 27.6. The summed E-state index contributed by atoms with van der Waals surface area (Å²) in [5, 5.41) is 6.69. The van der Waals surface area contributed by atoms with Crippen molar-refractivity contribution in [2.24, 2.45) is 11.8 Å². The zero-order valence-electron chi connectivity index (χ0n) is 21.5. The van der Waals surface area contributed by atoms with Gasteiger partial charge in [-0.05, 0) is 32.6 Å². The minimum Gasteiger partial charge on any atom is -0.460 e. The molecule has 3 amide bonds. The number of hydrazine groups is 1. The van der Waals surface area contributed by atoms with Gasteiger partial charge in [0.2, 0.25) is 15.6 Å². The number of nitrogens with zero attached hydrogens (tertiary/aromatic N) is 1. The van der Waals surface area contributed by atoms with E-state index in [4.69, 9.17) is 44.3 Å². The molecule has 1 rings (SSSR count). The standard InChI is InChI=1S/C23H37Cl3N4O6/c1-7-9-17(35-6)14(4)19(31)28-18(13(2)3)20(32)27-15(5)21(33)30-11-8-10-16(29-30)22(34)36-12-23(24,25)26/h7,9,13-18,29H,8,10-12H2,1-6H3,(H,27,32)(H,28,31)/b9-7+. The molecule has 10 nitrogen and oxygen atoms in total. The molecule has 0 aromatic rings. The van der Waals surface area contributed by atoms with E-state index in [1.807, 2.05) is 6.92 Å². The molecular weight excluding hydrogens is 535 g/mol. The molecular formula is C23H37Cl3N4O6. The number of halogens is 3. The molecule has 206 valence electrons. The SMILES string of the molecule is C/C=C/C(OC)C(C)C(=O)NC(C(=O)NC(C)C(=O)N1CCCC(C(=O)OCC(Cl)(Cl)Cl)N1)C(C)C. The first-order chi connectivity index (χ1) is 16.7. The van der Waals surface area contributed by atoms with Crippen LogP contribution < -0.4 is 16.1 Å². The maximum absolute atomic E-state index is 13.0. The summed E-state index contributed by atoms with van der Waals surface area (Å²) in [5.41, 5.74) is 2.81. The number of ether oxygens (including phenoxy) is 2. The molecule has 5 unspecified atom stereocenters. The fraction of sp³-hybridized carbons (Fsp3) is 0.739. The smallest absolute Gasteiger partial charge is 0.325 e. The number of rotatable bonds is 11. The Morgan fingerprint density at radius 3 is 2.28 bits per heavy atom. The molecule has 0 saturated carbocycles. The van der Waals surface area contributed by atoms with Crippen LogP contribution in [0.2, 0.25) is 0 Å². The number of carbonyl (C=O) groups is 4. The lowest BCUT2D eigenvalue weighted by Crippen LogP contribution is -2.61. The molecule has 1 heterocycles. The third kappa shape index (κ3) is 10.4. The van der Waals surface area contributed by atoms with Crippen LogP contribution in [0.15, 0.2) is 12.2 Å². The maximum Gasteiger partial charge on any atom is 0.325 e. The van der Waals surface area contributed by atoms with E-state index in [-0.39, 0.29) is 11.8 Å². The van der Waals surface area contributed by atoms with Gasteiger partial charge < -0.3 is 20.1 Å². The zero-order valence-corrected chi connectivity index (χ0v) is 23.7. The van der Waals surface area contributed by atoms with Crippen LogP contribution in [-0.4, -0.2) is 77.0 Å². The largest absolute Gasteiger partial charge is 0.460 e. The van der Waals surface area contributed by atoms with Crippen LogP contribution in [0.5, 0.6) is 0 Å². The number of allylic oxidation sites excluding steroid dienone is 1. The average molecular weight is 572 g/mol. The normalized spacial score (nSPS) is 19.9. The van der Waals surface area contributed by atoms with Gasteiger partial charge in [-0.1, -0.05) is 67.7 Å². The number of amides is 3. The quantitative estimate of drug-likeness (QED) is 0.197. The highest BCUT2D eigenvalue weighted by Gasteiger charge is 2.35. The summed E-state index contributed by atoms with van der Waals surface area (Å²) in [6.45, 7) is 8.56. The summed E-state index contributed by atoms with van der Waals surface area (Å²) in [4.78, 5) is 51.0. The molecule has 13 heteroatoms. The van der Waals surface area contributed by atoms with Crippen molar-refractivity contribution in [2.75, 3.05) is 20.3 Å². The van der Waals surface area contributed by atoms with Gasteiger partial charge in [0.25, 0.3) is 5.91 Å². The van der Waals surface area contributed by atoms with Crippen molar-refractivity contribution in [3.63, 3.8) is 0 Å². The van der Waals surface area contributed by atoms with Gasteiger partial charge in [0, 0.05) is 13.7 Å². The molecule has 1 fully saturated rings. The van der Waals surface area contributed by atoms with Gasteiger partial charge in [-0.3, -0.25) is 24.2 Å². The first-order valence-electron chi connectivity index (χ1n) is 11.8. The molecule has 0 aliphatic carbocycles. The van der Waals surface area contributed by atoms with Gasteiger partial charge in [0.1, 0.15) is 24.7 Å². The highest BCUT2D eigenvalue weighted by atomic mass is 35.6. The summed E-state index contributed by atoms with van der Waals surface area (Å²) < 4.78 is 8.59. The van der Waals surface area contributed by atoms with Crippen molar-refractivity contribution < 1.29 is 28.7 Å². The van der Waals surface area contributed by atoms with E-state index in [9.17, 15) is 19.2 Å². The summed E-state index contributed by atoms with van der Waals surface area (Å²) in [6.07, 6.45) is 4.08. The summed E-state index contributed by atoms with van der Waals surface area (Å²) in [5.74, 6) is -2.72. The molecule has 5 atom stereocenters. The third-order valence-electron chi connectivity index (χ3n) is 5.65. The highest BCUT2D eigenvalue weighted by molar-refractivity contribution is 6.67. The first-order valence-corrected chi connectivity index (χ1v) is 12.9. The Labute approximate surface area is 227 Å². The first kappa shape index (κ1) is 32.4. The van der Waals surface area contributed by atoms with Crippen LogP contribution in [0.25, 0.3) is 0 Å². The lowest BCUT2D eigenvalue weighted by atomic mass is 9.99. The Kier molecular flexibility index (Phi) is 13.5. The lowest BCUT2D eigenvalue weighted by molar-refractivity contribution is -0.152. The number of hydrogen-bond acceptors (Lipinski definition) is 7. The molecule has 1 saturated heterocycles. The predicted molar refractivity (Wildman–Crippen MR) is 138 cm³/mol. The van der Waals surface area contributed by atoms with Crippen LogP contribution >= 0.6 is 34.8 Å². The van der Waals surface area contributed by atoms with Crippen LogP contribution in [0.3, 0.4) is 0 Å². The Hall–Kier alpha value is -1.59. The van der Waals surface area contributed by atoms with E-state index in [1.54, 1.807) is 32.9 Å². The number of nitrogens with one attached hydrogen (secondary N) is 3. The minimum atomic E-state index is -1.74. The van der Waals surface area contributed by atoms with Gasteiger partial charge >= 0.3 is 5.97 Å². The monoisotopic (exact) mass is 570 g/mol. The second kappa shape index (κ2) is 15.0. The summed E-state index contributed by atoms with van der Waals surface area (Å²) in [7, 11) is 1.51. The third-order valence-corrected chi connectivity index (χ3v) is 5.98. The Bertz CT molecular complexity index is 805. The van der Waals surface area contributed by atoms with Gasteiger partial charge in [0.15, 0.2) is 0 Å². The number of alkyl halides is 3. The van der Waals surface area contributed by atoms with E-state index in [0.29, 0.717) is 19.4 Å². The van der Waals surface area contributed by atoms with Crippen molar-refractivity contribution in [1.29, 1.82) is 0 Å². The van der Waals surface area contributed by atoms with Crippen LogP contribution in [-0.2, 0) is 28.7 Å². The van der Waals surface area contributed by atoms with E-state index < -0.39 is 58.3 Å². The topological polar surface area (TPSA) is 126 Å². The average Bonchev–Trinajstić information content (AvgIpc) is 2.82. The molecule has 0 radical (unpaired) electrons. The highest BCUT2D eigenvalue weighted by Crippen LogP contribution is 2.26. The maximum atomic E-state index is 13.0. The van der Waals surface area contributed by atoms with Gasteiger partial charge in [-0.2, -0.15) is 0 Å². The molecule has 0 bridgehead atoms. The molecule has 0 spiro atoms.